The molecule has 1 saturated heterocycles. The van der Waals surface area contributed by atoms with Gasteiger partial charge < -0.3 is 19.7 Å². The fourth-order valence-corrected chi connectivity index (χ4v) is 2.53. The van der Waals surface area contributed by atoms with Crippen molar-refractivity contribution in [1.29, 1.82) is 0 Å². The number of piperazine rings is 1. The molecule has 0 aromatic heterocycles. The predicted molar refractivity (Wildman–Crippen MR) is 88.2 cm³/mol. The SMILES string of the molecule is COc1cc(C2CN(C(=O)OC(C)(C)C)CCN2)ccc1[N+](=O)[O-]. The van der Waals surface area contributed by atoms with Gasteiger partial charge in [0.2, 0.25) is 0 Å². The number of methoxy groups -OCH3 is 1. The second-order valence-electron chi connectivity index (χ2n) is 6.62. The number of carbonyl (C=O) groups is 1. The van der Waals surface area contributed by atoms with Crippen molar-refractivity contribution in [2.45, 2.75) is 32.4 Å². The summed E-state index contributed by atoms with van der Waals surface area (Å²) in [5.74, 6) is 0.202. The summed E-state index contributed by atoms with van der Waals surface area (Å²) in [6, 6.07) is 4.59. The van der Waals surface area contributed by atoms with Crippen LogP contribution in [-0.2, 0) is 4.74 Å². The van der Waals surface area contributed by atoms with E-state index in [1.807, 2.05) is 20.8 Å². The quantitative estimate of drug-likeness (QED) is 0.673. The molecule has 1 heterocycles. The van der Waals surface area contributed by atoms with Crippen molar-refractivity contribution in [2.75, 3.05) is 26.7 Å². The first-order valence-corrected chi connectivity index (χ1v) is 7.75. The molecular formula is C16H23N3O5. The number of nitro groups is 1. The first kappa shape index (κ1) is 18.0. The van der Waals surface area contributed by atoms with E-state index in [1.165, 1.54) is 13.2 Å². The molecule has 1 N–H and O–H groups in total. The number of nitro benzene ring substituents is 1. The minimum atomic E-state index is -0.548. The summed E-state index contributed by atoms with van der Waals surface area (Å²) in [6.45, 7) is 7.07. The Bertz CT molecular complexity index is 627. The molecule has 24 heavy (non-hydrogen) atoms. The summed E-state index contributed by atoms with van der Waals surface area (Å²) < 4.78 is 10.5. The van der Waals surface area contributed by atoms with Crippen LogP contribution in [0.4, 0.5) is 10.5 Å². The summed E-state index contributed by atoms with van der Waals surface area (Å²) in [5, 5.41) is 14.3. The van der Waals surface area contributed by atoms with Gasteiger partial charge in [0.15, 0.2) is 5.75 Å². The average Bonchev–Trinajstić information content (AvgIpc) is 2.52. The molecule has 0 spiro atoms. The Hall–Kier alpha value is -2.35. The van der Waals surface area contributed by atoms with E-state index in [2.05, 4.69) is 5.32 Å². The fraction of sp³-hybridized carbons (Fsp3) is 0.562. The zero-order valence-electron chi connectivity index (χ0n) is 14.4. The minimum absolute atomic E-state index is 0.0824. The molecule has 8 nitrogen and oxygen atoms in total. The van der Waals surface area contributed by atoms with E-state index >= 15 is 0 Å². The van der Waals surface area contributed by atoms with Gasteiger partial charge in [-0.3, -0.25) is 10.1 Å². The Balaban J connectivity index is 2.15. The number of carbonyl (C=O) groups excluding carboxylic acids is 1. The maximum Gasteiger partial charge on any atom is 0.410 e. The van der Waals surface area contributed by atoms with Crippen LogP contribution < -0.4 is 10.1 Å². The molecule has 1 aliphatic heterocycles. The largest absolute Gasteiger partial charge is 0.490 e. The van der Waals surface area contributed by atoms with E-state index < -0.39 is 10.5 Å². The lowest BCUT2D eigenvalue weighted by atomic mass is 10.0. The van der Waals surface area contributed by atoms with Gasteiger partial charge in [-0.1, -0.05) is 6.07 Å². The van der Waals surface area contributed by atoms with Crippen molar-refractivity contribution < 1.29 is 19.2 Å². The lowest BCUT2D eigenvalue weighted by Crippen LogP contribution is -2.49. The monoisotopic (exact) mass is 337 g/mol. The van der Waals surface area contributed by atoms with Gasteiger partial charge in [0.1, 0.15) is 5.60 Å². The van der Waals surface area contributed by atoms with Gasteiger partial charge >= 0.3 is 11.8 Å². The van der Waals surface area contributed by atoms with Crippen LogP contribution in [0, 0.1) is 10.1 Å². The third kappa shape index (κ3) is 4.35. The molecule has 1 unspecified atom stereocenters. The highest BCUT2D eigenvalue weighted by Gasteiger charge is 2.29. The maximum absolute atomic E-state index is 12.2. The second-order valence-corrected chi connectivity index (χ2v) is 6.62. The van der Waals surface area contributed by atoms with Crippen LogP contribution in [0.25, 0.3) is 0 Å². The summed E-state index contributed by atoms with van der Waals surface area (Å²) in [7, 11) is 1.40. The highest BCUT2D eigenvalue weighted by Crippen LogP contribution is 2.30. The maximum atomic E-state index is 12.2. The molecule has 0 saturated carbocycles. The number of benzene rings is 1. The third-order valence-corrected chi connectivity index (χ3v) is 3.63. The highest BCUT2D eigenvalue weighted by atomic mass is 16.6. The van der Waals surface area contributed by atoms with Crippen molar-refractivity contribution in [3.8, 4) is 5.75 Å². The fourth-order valence-electron chi connectivity index (χ4n) is 2.53. The summed E-state index contributed by atoms with van der Waals surface area (Å²) >= 11 is 0. The molecule has 2 rings (SSSR count). The van der Waals surface area contributed by atoms with Crippen LogP contribution in [0.3, 0.4) is 0 Å². The van der Waals surface area contributed by atoms with E-state index in [4.69, 9.17) is 9.47 Å². The van der Waals surface area contributed by atoms with Gasteiger partial charge in [-0.05, 0) is 32.4 Å². The molecule has 1 aliphatic rings. The summed E-state index contributed by atoms with van der Waals surface area (Å²) in [4.78, 5) is 24.4. The van der Waals surface area contributed by atoms with E-state index in [0.29, 0.717) is 19.6 Å². The Morgan fingerprint density at radius 2 is 2.12 bits per heavy atom. The smallest absolute Gasteiger partial charge is 0.410 e. The molecule has 0 bridgehead atoms. The summed E-state index contributed by atoms with van der Waals surface area (Å²) in [6.07, 6.45) is -0.358. The van der Waals surface area contributed by atoms with E-state index in [9.17, 15) is 14.9 Å². The molecule has 1 amide bonds. The van der Waals surface area contributed by atoms with Crippen LogP contribution in [0.2, 0.25) is 0 Å². The number of rotatable bonds is 3. The zero-order valence-corrected chi connectivity index (χ0v) is 14.4. The van der Waals surface area contributed by atoms with Crippen molar-refractivity contribution in [2.24, 2.45) is 0 Å². The van der Waals surface area contributed by atoms with Gasteiger partial charge in [0.25, 0.3) is 0 Å². The van der Waals surface area contributed by atoms with Crippen LogP contribution in [0.15, 0.2) is 18.2 Å². The van der Waals surface area contributed by atoms with Crippen molar-refractivity contribution >= 4 is 11.8 Å². The predicted octanol–water partition coefficient (Wildman–Crippen LogP) is 2.48. The number of nitrogens with one attached hydrogen (secondary N) is 1. The van der Waals surface area contributed by atoms with Crippen LogP contribution in [-0.4, -0.2) is 48.3 Å². The van der Waals surface area contributed by atoms with Crippen molar-refractivity contribution in [3.63, 3.8) is 0 Å². The normalized spacial score (nSPS) is 18.2. The molecule has 8 heteroatoms. The van der Waals surface area contributed by atoms with Crippen molar-refractivity contribution in [1.82, 2.24) is 10.2 Å². The number of hydrogen-bond donors (Lipinski definition) is 1. The molecular weight excluding hydrogens is 314 g/mol. The van der Waals surface area contributed by atoms with Gasteiger partial charge in [-0.15, -0.1) is 0 Å². The van der Waals surface area contributed by atoms with Gasteiger partial charge in [0.05, 0.1) is 18.1 Å². The molecule has 0 aliphatic carbocycles. The van der Waals surface area contributed by atoms with Gasteiger partial charge in [-0.25, -0.2) is 4.79 Å². The zero-order chi connectivity index (χ0) is 17.9. The Morgan fingerprint density at radius 1 is 1.42 bits per heavy atom. The summed E-state index contributed by atoms with van der Waals surface area (Å²) in [5.41, 5.74) is 0.195. The van der Waals surface area contributed by atoms with Gasteiger partial charge in [-0.2, -0.15) is 0 Å². The van der Waals surface area contributed by atoms with Crippen LogP contribution in [0.1, 0.15) is 32.4 Å². The van der Waals surface area contributed by atoms with Crippen LogP contribution >= 0.6 is 0 Å². The molecule has 1 aromatic rings. The average molecular weight is 337 g/mol. The minimum Gasteiger partial charge on any atom is -0.490 e. The Labute approximate surface area is 140 Å². The molecule has 1 aromatic carbocycles. The molecule has 1 atom stereocenters. The number of nitrogens with zero attached hydrogens (tertiary/aromatic N) is 2. The van der Waals surface area contributed by atoms with Gasteiger partial charge in [0, 0.05) is 25.7 Å². The number of ether oxygens (including phenoxy) is 2. The lowest BCUT2D eigenvalue weighted by molar-refractivity contribution is -0.385. The number of hydrogen-bond acceptors (Lipinski definition) is 6. The van der Waals surface area contributed by atoms with E-state index in [0.717, 1.165) is 5.56 Å². The standard InChI is InChI=1S/C16H23N3O5/c1-16(2,3)24-15(20)18-8-7-17-12(10-18)11-5-6-13(19(21)22)14(9-11)23-4/h5-6,9,12,17H,7-8,10H2,1-4H3. The van der Waals surface area contributed by atoms with Crippen molar-refractivity contribution in [3.05, 3.63) is 33.9 Å². The topological polar surface area (TPSA) is 93.9 Å². The first-order chi connectivity index (χ1) is 11.2. The highest BCUT2D eigenvalue weighted by molar-refractivity contribution is 5.68. The Morgan fingerprint density at radius 3 is 2.71 bits per heavy atom. The molecule has 132 valence electrons. The first-order valence-electron chi connectivity index (χ1n) is 7.75. The van der Waals surface area contributed by atoms with Crippen LogP contribution in [0.5, 0.6) is 5.75 Å². The Kier molecular flexibility index (Phi) is 5.28. The third-order valence-electron chi connectivity index (χ3n) is 3.63. The molecule has 1 fully saturated rings. The number of amides is 1. The second kappa shape index (κ2) is 7.04. The molecule has 0 radical (unpaired) electrons. The lowest BCUT2D eigenvalue weighted by Gasteiger charge is -2.35. The van der Waals surface area contributed by atoms with E-state index in [1.54, 1.807) is 17.0 Å². The van der Waals surface area contributed by atoms with E-state index in [-0.39, 0.29) is 23.6 Å².